The first-order valence-electron chi connectivity index (χ1n) is 8.58. The number of aromatic amines is 1. The van der Waals surface area contributed by atoms with E-state index in [0.717, 1.165) is 17.7 Å². The molecule has 0 bridgehead atoms. The van der Waals surface area contributed by atoms with Crippen molar-refractivity contribution in [2.45, 2.75) is 31.1 Å². The van der Waals surface area contributed by atoms with Gasteiger partial charge in [-0.2, -0.15) is 5.10 Å². The molecule has 142 valence electrons. The van der Waals surface area contributed by atoms with Gasteiger partial charge >= 0.3 is 0 Å². The number of thioether (sulfide) groups is 1. The van der Waals surface area contributed by atoms with E-state index in [4.69, 9.17) is 4.74 Å². The summed E-state index contributed by atoms with van der Waals surface area (Å²) in [5, 5.41) is 9.32. The highest BCUT2D eigenvalue weighted by atomic mass is 32.2. The van der Waals surface area contributed by atoms with Gasteiger partial charge in [-0.15, -0.1) is 11.3 Å². The highest BCUT2D eigenvalue weighted by Gasteiger charge is 2.21. The summed E-state index contributed by atoms with van der Waals surface area (Å²) >= 11 is 3.09. The lowest BCUT2D eigenvalue weighted by Crippen LogP contribution is -2.40. The van der Waals surface area contributed by atoms with Crippen LogP contribution in [0.25, 0.3) is 0 Å². The number of hydrogen-bond donors (Lipinski definition) is 1. The molecule has 0 radical (unpaired) electrons. The Morgan fingerprint density at radius 2 is 2.15 bits per heavy atom. The van der Waals surface area contributed by atoms with Gasteiger partial charge in [-0.05, 0) is 36.1 Å². The third-order valence-electron chi connectivity index (χ3n) is 4.17. The second-order valence-corrected chi connectivity index (χ2v) is 8.08. The van der Waals surface area contributed by atoms with Crippen molar-refractivity contribution < 1.29 is 9.53 Å². The number of hydrogen-bond acceptors (Lipinski definition) is 6. The zero-order valence-corrected chi connectivity index (χ0v) is 16.9. The van der Waals surface area contributed by atoms with Crippen LogP contribution in [0.15, 0.2) is 53.3 Å². The van der Waals surface area contributed by atoms with Crippen molar-refractivity contribution in [1.82, 2.24) is 20.1 Å². The lowest BCUT2D eigenvalue weighted by molar-refractivity contribution is -0.131. The molecule has 1 aromatic carbocycles. The monoisotopic (exact) mass is 402 g/mol. The molecule has 0 aliphatic rings. The normalized spacial score (nSPS) is 11.9. The predicted octanol–water partition coefficient (Wildman–Crippen LogP) is 3.63. The summed E-state index contributed by atoms with van der Waals surface area (Å²) in [4.78, 5) is 20.2. The highest BCUT2D eigenvalue weighted by Crippen LogP contribution is 2.20. The SMILES string of the molecule is COc1ccc(CN(C(=O)CSc2ncn[nH]2)[C@H](C)Cc2cccs2)cc1. The first-order chi connectivity index (χ1) is 13.2. The summed E-state index contributed by atoms with van der Waals surface area (Å²) in [6, 6.07) is 12.1. The molecule has 1 atom stereocenters. The highest BCUT2D eigenvalue weighted by molar-refractivity contribution is 7.99. The molecule has 0 aliphatic carbocycles. The second kappa shape index (κ2) is 9.57. The Morgan fingerprint density at radius 3 is 2.78 bits per heavy atom. The Labute approximate surface area is 167 Å². The second-order valence-electron chi connectivity index (χ2n) is 6.08. The van der Waals surface area contributed by atoms with Crippen molar-refractivity contribution >= 4 is 29.0 Å². The van der Waals surface area contributed by atoms with Gasteiger partial charge in [-0.1, -0.05) is 30.0 Å². The number of H-pyrrole nitrogens is 1. The Kier molecular flexibility index (Phi) is 6.89. The maximum atomic E-state index is 13.0. The smallest absolute Gasteiger partial charge is 0.233 e. The molecule has 1 amide bonds. The zero-order chi connectivity index (χ0) is 19.1. The van der Waals surface area contributed by atoms with Crippen LogP contribution in [-0.2, 0) is 17.8 Å². The van der Waals surface area contributed by atoms with Crippen molar-refractivity contribution in [3.63, 3.8) is 0 Å². The number of rotatable bonds is 9. The molecule has 0 saturated carbocycles. The molecule has 6 nitrogen and oxygen atoms in total. The minimum Gasteiger partial charge on any atom is -0.497 e. The van der Waals surface area contributed by atoms with Crippen LogP contribution in [0.4, 0.5) is 0 Å². The summed E-state index contributed by atoms with van der Waals surface area (Å²) in [6.07, 6.45) is 2.29. The molecular formula is C19H22N4O2S2. The van der Waals surface area contributed by atoms with E-state index in [1.54, 1.807) is 18.4 Å². The minimum absolute atomic E-state index is 0.0799. The summed E-state index contributed by atoms with van der Waals surface area (Å²) in [6.45, 7) is 2.66. The lowest BCUT2D eigenvalue weighted by atomic mass is 10.1. The van der Waals surface area contributed by atoms with Crippen LogP contribution in [-0.4, -0.2) is 44.9 Å². The summed E-state index contributed by atoms with van der Waals surface area (Å²) in [5.74, 6) is 1.21. The zero-order valence-electron chi connectivity index (χ0n) is 15.3. The van der Waals surface area contributed by atoms with Crippen LogP contribution in [0.5, 0.6) is 5.75 Å². The molecule has 3 rings (SSSR count). The van der Waals surface area contributed by atoms with Crippen LogP contribution in [0.3, 0.4) is 0 Å². The fraction of sp³-hybridized carbons (Fsp3) is 0.316. The van der Waals surface area contributed by atoms with Crippen LogP contribution >= 0.6 is 23.1 Å². The van der Waals surface area contributed by atoms with Gasteiger partial charge in [0.15, 0.2) is 5.16 Å². The number of thiophene rings is 1. The first-order valence-corrected chi connectivity index (χ1v) is 10.4. The summed E-state index contributed by atoms with van der Waals surface area (Å²) in [5.41, 5.74) is 1.08. The average Bonchev–Trinajstić information content (AvgIpc) is 3.38. The van der Waals surface area contributed by atoms with E-state index >= 15 is 0 Å². The number of carbonyl (C=O) groups is 1. The van der Waals surface area contributed by atoms with Crippen molar-refractivity contribution in [2.24, 2.45) is 0 Å². The standard InChI is InChI=1S/C19H22N4O2S2/c1-14(10-17-4-3-9-26-17)23(11-15-5-7-16(25-2)8-6-15)18(24)12-27-19-20-13-21-22-19/h3-9,13-14H,10-12H2,1-2H3,(H,20,21,22)/t14-/m1/s1. The van der Waals surface area contributed by atoms with E-state index in [1.165, 1.54) is 23.0 Å². The number of carbonyl (C=O) groups excluding carboxylic acids is 1. The van der Waals surface area contributed by atoms with Crippen molar-refractivity contribution in [3.05, 3.63) is 58.5 Å². The number of aromatic nitrogens is 3. The van der Waals surface area contributed by atoms with E-state index in [0.29, 0.717) is 17.5 Å². The number of ether oxygens (including phenoxy) is 1. The molecule has 2 aromatic heterocycles. The molecule has 0 saturated heterocycles. The van der Waals surface area contributed by atoms with Gasteiger partial charge in [0.2, 0.25) is 5.91 Å². The van der Waals surface area contributed by atoms with E-state index < -0.39 is 0 Å². The molecule has 0 spiro atoms. The van der Waals surface area contributed by atoms with Gasteiger partial charge in [-0.25, -0.2) is 4.98 Å². The number of nitrogens with zero attached hydrogens (tertiary/aromatic N) is 3. The van der Waals surface area contributed by atoms with Crippen molar-refractivity contribution in [3.8, 4) is 5.75 Å². The van der Waals surface area contributed by atoms with Crippen LogP contribution in [0, 0.1) is 0 Å². The van der Waals surface area contributed by atoms with Crippen LogP contribution in [0.1, 0.15) is 17.4 Å². The maximum Gasteiger partial charge on any atom is 0.233 e. The van der Waals surface area contributed by atoms with Gasteiger partial charge in [0, 0.05) is 23.9 Å². The van der Waals surface area contributed by atoms with E-state index in [1.807, 2.05) is 35.2 Å². The minimum atomic E-state index is 0.0799. The summed E-state index contributed by atoms with van der Waals surface area (Å²) in [7, 11) is 1.65. The fourth-order valence-corrected chi connectivity index (χ4v) is 4.22. The molecule has 27 heavy (non-hydrogen) atoms. The summed E-state index contributed by atoms with van der Waals surface area (Å²) < 4.78 is 5.22. The van der Waals surface area contributed by atoms with Gasteiger partial charge in [0.25, 0.3) is 0 Å². The Balaban J connectivity index is 1.70. The van der Waals surface area contributed by atoms with Gasteiger partial charge in [0.05, 0.1) is 12.9 Å². The Bertz CT molecular complexity index is 820. The molecule has 2 heterocycles. The molecule has 3 aromatic rings. The largest absolute Gasteiger partial charge is 0.497 e. The molecular weight excluding hydrogens is 380 g/mol. The number of amides is 1. The van der Waals surface area contributed by atoms with Crippen LogP contribution < -0.4 is 4.74 Å². The Hall–Kier alpha value is -2.32. The average molecular weight is 403 g/mol. The maximum absolute atomic E-state index is 13.0. The molecule has 0 aliphatic heterocycles. The number of methoxy groups -OCH3 is 1. The lowest BCUT2D eigenvalue weighted by Gasteiger charge is -2.29. The van der Waals surface area contributed by atoms with E-state index in [-0.39, 0.29) is 11.9 Å². The fourth-order valence-electron chi connectivity index (χ4n) is 2.72. The predicted molar refractivity (Wildman–Crippen MR) is 108 cm³/mol. The van der Waals surface area contributed by atoms with Gasteiger partial charge in [0.1, 0.15) is 12.1 Å². The third kappa shape index (κ3) is 5.58. The topological polar surface area (TPSA) is 71.1 Å². The number of benzene rings is 1. The quantitative estimate of drug-likeness (QED) is 0.554. The third-order valence-corrected chi connectivity index (χ3v) is 5.93. The molecule has 1 N–H and O–H groups in total. The van der Waals surface area contributed by atoms with E-state index in [9.17, 15) is 4.79 Å². The first kappa shape index (κ1) is 19.4. The van der Waals surface area contributed by atoms with E-state index in [2.05, 4.69) is 33.6 Å². The van der Waals surface area contributed by atoms with Crippen LogP contribution in [0.2, 0.25) is 0 Å². The van der Waals surface area contributed by atoms with Crippen molar-refractivity contribution in [1.29, 1.82) is 0 Å². The van der Waals surface area contributed by atoms with Gasteiger partial charge in [-0.3, -0.25) is 9.89 Å². The molecule has 0 unspecified atom stereocenters. The van der Waals surface area contributed by atoms with Gasteiger partial charge < -0.3 is 9.64 Å². The number of nitrogens with one attached hydrogen (secondary N) is 1. The molecule has 8 heteroatoms. The Morgan fingerprint density at radius 1 is 1.33 bits per heavy atom. The molecule has 0 fully saturated rings. The van der Waals surface area contributed by atoms with Crippen molar-refractivity contribution in [2.75, 3.05) is 12.9 Å².